The zero-order chi connectivity index (χ0) is 29.1. The summed E-state index contributed by atoms with van der Waals surface area (Å²) in [6.07, 6.45) is 11.9. The van der Waals surface area contributed by atoms with Crippen LogP contribution in [0, 0.1) is 0 Å². The van der Waals surface area contributed by atoms with Crippen LogP contribution in [0.1, 0.15) is 63.9 Å². The number of aromatic hydroxyl groups is 1. The van der Waals surface area contributed by atoms with Crippen LogP contribution in [0.3, 0.4) is 0 Å². The van der Waals surface area contributed by atoms with Gasteiger partial charge in [-0.05, 0) is 78.7 Å². The molecule has 5 aromatic rings. The number of nitrogens with zero attached hydrogens (tertiary/aromatic N) is 4. The quantitative estimate of drug-likeness (QED) is 0.126. The number of ether oxygens (including phenoxy) is 1. The van der Waals surface area contributed by atoms with E-state index in [0.717, 1.165) is 41.0 Å². The summed E-state index contributed by atoms with van der Waals surface area (Å²) >= 11 is 0. The highest BCUT2D eigenvalue weighted by molar-refractivity contribution is 5.75. The third-order valence-electron chi connectivity index (χ3n) is 7.08. The first kappa shape index (κ1) is 28.8. The summed E-state index contributed by atoms with van der Waals surface area (Å²) in [5, 5.41) is 26.4. The third-order valence-corrected chi connectivity index (χ3v) is 7.08. The molecule has 2 heterocycles. The van der Waals surface area contributed by atoms with E-state index in [4.69, 9.17) is 13.6 Å². The summed E-state index contributed by atoms with van der Waals surface area (Å²) < 4.78 is 17.8. The molecule has 8 heteroatoms. The zero-order valence-electron chi connectivity index (χ0n) is 24.0. The monoisotopic (exact) mass is 564 g/mol. The minimum absolute atomic E-state index is 0.169. The lowest BCUT2D eigenvalue weighted by Crippen LogP contribution is -1.97. The summed E-state index contributed by atoms with van der Waals surface area (Å²) in [7, 11) is 0. The zero-order valence-corrected chi connectivity index (χ0v) is 24.0. The molecule has 5 rings (SSSR count). The number of rotatable bonds is 15. The van der Waals surface area contributed by atoms with Gasteiger partial charge in [-0.25, -0.2) is 0 Å². The van der Waals surface area contributed by atoms with Crippen molar-refractivity contribution in [2.45, 2.75) is 58.3 Å². The standard InChI is InChI=1S/C34H36N4O4/c1-3-5-6-7-8-9-10-11-22-40-29-19-14-26(15-20-29)31-35-37-33(41-31)27-16-21-30(24(4-2)23-27)34-38-36-32(42-34)25-12-17-28(39)18-13-25/h4,12-21,23,39H,2-3,5-11,22H2,1H3. The Bertz CT molecular complexity index is 1570. The molecule has 0 atom stereocenters. The predicted molar refractivity (Wildman–Crippen MR) is 164 cm³/mol. The van der Waals surface area contributed by atoms with E-state index in [1.165, 1.54) is 44.9 Å². The maximum absolute atomic E-state index is 9.52. The van der Waals surface area contributed by atoms with Crippen LogP contribution in [-0.2, 0) is 0 Å². The number of phenols is 1. The van der Waals surface area contributed by atoms with Crippen LogP contribution < -0.4 is 4.74 Å². The van der Waals surface area contributed by atoms with Crippen molar-refractivity contribution in [3.63, 3.8) is 0 Å². The van der Waals surface area contributed by atoms with Crippen molar-refractivity contribution in [1.29, 1.82) is 0 Å². The van der Waals surface area contributed by atoms with E-state index in [-0.39, 0.29) is 5.75 Å². The molecule has 0 aliphatic carbocycles. The molecule has 0 amide bonds. The molecule has 0 spiro atoms. The van der Waals surface area contributed by atoms with Crippen LogP contribution in [0.5, 0.6) is 11.5 Å². The second kappa shape index (κ2) is 14.3. The molecular formula is C34H36N4O4. The van der Waals surface area contributed by atoms with Crippen molar-refractivity contribution in [3.8, 4) is 57.3 Å². The lowest BCUT2D eigenvalue weighted by molar-refractivity contribution is 0.304. The van der Waals surface area contributed by atoms with Gasteiger partial charge in [0, 0.05) is 22.3 Å². The molecule has 8 nitrogen and oxygen atoms in total. The fourth-order valence-electron chi connectivity index (χ4n) is 4.69. The molecular weight excluding hydrogens is 528 g/mol. The normalized spacial score (nSPS) is 11.1. The Morgan fingerprint density at radius 1 is 0.667 bits per heavy atom. The van der Waals surface area contributed by atoms with Crippen LogP contribution >= 0.6 is 0 Å². The van der Waals surface area contributed by atoms with Gasteiger partial charge in [0.1, 0.15) is 11.5 Å². The van der Waals surface area contributed by atoms with Gasteiger partial charge in [-0.3, -0.25) is 0 Å². The Balaban J connectivity index is 1.18. The lowest BCUT2D eigenvalue weighted by atomic mass is 10.0. The maximum atomic E-state index is 9.52. The van der Waals surface area contributed by atoms with Gasteiger partial charge in [0.2, 0.25) is 23.6 Å². The number of hydrogen-bond donors (Lipinski definition) is 1. The smallest absolute Gasteiger partial charge is 0.248 e. The predicted octanol–water partition coefficient (Wildman–Crippen LogP) is 8.99. The molecule has 0 unspecified atom stereocenters. The van der Waals surface area contributed by atoms with Crippen molar-refractivity contribution in [2.24, 2.45) is 0 Å². The van der Waals surface area contributed by atoms with Crippen molar-refractivity contribution in [2.75, 3.05) is 6.61 Å². The highest BCUT2D eigenvalue weighted by atomic mass is 16.5. The van der Waals surface area contributed by atoms with E-state index < -0.39 is 0 Å². The highest BCUT2D eigenvalue weighted by Gasteiger charge is 2.16. The average Bonchev–Trinajstić information content (AvgIpc) is 3.72. The Hall–Kier alpha value is -4.72. The number of hydrogen-bond acceptors (Lipinski definition) is 8. The third kappa shape index (κ3) is 7.32. The van der Waals surface area contributed by atoms with Crippen molar-refractivity contribution < 1.29 is 18.7 Å². The van der Waals surface area contributed by atoms with Crippen LogP contribution in [-0.4, -0.2) is 32.1 Å². The van der Waals surface area contributed by atoms with E-state index in [1.807, 2.05) is 42.5 Å². The molecule has 3 aromatic carbocycles. The highest BCUT2D eigenvalue weighted by Crippen LogP contribution is 2.32. The number of phenolic OH excluding ortho intramolecular Hbond substituents is 1. The Labute approximate surface area is 246 Å². The molecule has 0 fully saturated rings. The average molecular weight is 565 g/mol. The number of aromatic nitrogens is 4. The minimum Gasteiger partial charge on any atom is -0.508 e. The second-order valence-electron chi connectivity index (χ2n) is 10.2. The molecule has 0 bridgehead atoms. The molecule has 42 heavy (non-hydrogen) atoms. The first-order valence-electron chi connectivity index (χ1n) is 14.6. The summed E-state index contributed by atoms with van der Waals surface area (Å²) in [6.45, 7) is 6.91. The molecule has 0 saturated carbocycles. The van der Waals surface area contributed by atoms with E-state index in [2.05, 4.69) is 33.9 Å². The van der Waals surface area contributed by atoms with Crippen LogP contribution in [0.2, 0.25) is 0 Å². The summed E-state index contributed by atoms with van der Waals surface area (Å²) in [5.74, 6) is 2.54. The maximum Gasteiger partial charge on any atom is 0.248 e. The van der Waals surface area contributed by atoms with Crippen LogP contribution in [0.15, 0.2) is 82.1 Å². The van der Waals surface area contributed by atoms with Gasteiger partial charge >= 0.3 is 0 Å². The first-order chi connectivity index (χ1) is 20.6. The van der Waals surface area contributed by atoms with Gasteiger partial charge in [0.05, 0.1) is 6.61 Å². The molecule has 216 valence electrons. The molecule has 1 N–H and O–H groups in total. The fraction of sp³-hybridized carbons (Fsp3) is 0.294. The largest absolute Gasteiger partial charge is 0.508 e. The van der Waals surface area contributed by atoms with Crippen LogP contribution in [0.4, 0.5) is 0 Å². The summed E-state index contributed by atoms with van der Waals surface area (Å²) in [5.41, 5.74) is 3.79. The van der Waals surface area contributed by atoms with Crippen molar-refractivity contribution in [1.82, 2.24) is 20.4 Å². The Morgan fingerprint density at radius 3 is 1.83 bits per heavy atom. The molecule has 0 aliphatic rings. The van der Waals surface area contributed by atoms with Gasteiger partial charge < -0.3 is 18.7 Å². The topological polar surface area (TPSA) is 107 Å². The van der Waals surface area contributed by atoms with E-state index in [9.17, 15) is 5.11 Å². The van der Waals surface area contributed by atoms with Gasteiger partial charge in [0.25, 0.3) is 0 Å². The summed E-state index contributed by atoms with van der Waals surface area (Å²) in [4.78, 5) is 0. The number of unbranched alkanes of at least 4 members (excludes halogenated alkanes) is 7. The Kier molecular flexibility index (Phi) is 9.77. The van der Waals surface area contributed by atoms with Gasteiger partial charge in [-0.2, -0.15) is 0 Å². The van der Waals surface area contributed by atoms with Gasteiger partial charge in [-0.1, -0.05) is 64.5 Å². The number of benzene rings is 3. The van der Waals surface area contributed by atoms with E-state index in [0.29, 0.717) is 29.1 Å². The summed E-state index contributed by atoms with van der Waals surface area (Å²) in [6, 6.07) is 19.9. The lowest BCUT2D eigenvalue weighted by Gasteiger charge is -2.06. The molecule has 0 radical (unpaired) electrons. The fourth-order valence-corrected chi connectivity index (χ4v) is 4.69. The van der Waals surface area contributed by atoms with Crippen molar-refractivity contribution >= 4 is 6.08 Å². The SMILES string of the molecule is C=Cc1cc(-c2nnc(-c3ccc(OCCCCCCCCCC)cc3)o2)ccc1-c1nnc(-c2ccc(O)cc2)o1. The van der Waals surface area contributed by atoms with Gasteiger partial charge in [0.15, 0.2) is 0 Å². The second-order valence-corrected chi connectivity index (χ2v) is 10.2. The molecule has 0 aliphatic heterocycles. The molecule has 2 aromatic heterocycles. The van der Waals surface area contributed by atoms with E-state index in [1.54, 1.807) is 30.3 Å². The van der Waals surface area contributed by atoms with Gasteiger partial charge in [-0.15, -0.1) is 20.4 Å². The Morgan fingerprint density at radius 2 is 1.19 bits per heavy atom. The van der Waals surface area contributed by atoms with Crippen molar-refractivity contribution in [3.05, 3.63) is 78.9 Å². The minimum atomic E-state index is 0.169. The first-order valence-corrected chi connectivity index (χ1v) is 14.6. The molecule has 0 saturated heterocycles. The van der Waals surface area contributed by atoms with E-state index >= 15 is 0 Å². The van der Waals surface area contributed by atoms with Crippen LogP contribution in [0.25, 0.3) is 51.9 Å².